The number of rotatable bonds is 8. The monoisotopic (exact) mass is 444 g/mol. The van der Waals surface area contributed by atoms with E-state index in [9.17, 15) is 8.42 Å². The molecule has 0 saturated heterocycles. The molecule has 3 aromatic carbocycles. The Morgan fingerprint density at radius 3 is 2.37 bits per heavy atom. The van der Waals surface area contributed by atoms with Gasteiger partial charge < -0.3 is 9.47 Å². The minimum atomic E-state index is -3.78. The molecule has 0 fully saturated rings. The molecule has 3 rings (SSSR count). The number of methoxy groups -OCH3 is 1. The second kappa shape index (κ2) is 9.65. The van der Waals surface area contributed by atoms with Crippen molar-refractivity contribution in [2.24, 2.45) is 5.10 Å². The van der Waals surface area contributed by atoms with Crippen LogP contribution in [0.2, 0.25) is 5.02 Å². The fourth-order valence-electron chi connectivity index (χ4n) is 2.57. The maximum atomic E-state index is 12.3. The summed E-state index contributed by atoms with van der Waals surface area (Å²) in [5, 5.41) is 4.30. The number of sulfonamides is 1. The van der Waals surface area contributed by atoms with Crippen LogP contribution < -0.4 is 14.3 Å². The highest BCUT2D eigenvalue weighted by atomic mass is 35.5. The Bertz CT molecular complexity index is 1130. The van der Waals surface area contributed by atoms with E-state index in [1.165, 1.54) is 36.0 Å². The van der Waals surface area contributed by atoms with E-state index in [0.717, 1.165) is 5.56 Å². The number of hydrogen-bond donors (Lipinski definition) is 1. The van der Waals surface area contributed by atoms with Gasteiger partial charge in [-0.2, -0.15) is 13.5 Å². The zero-order valence-electron chi connectivity index (χ0n) is 16.5. The van der Waals surface area contributed by atoms with E-state index in [0.29, 0.717) is 28.7 Å². The largest absolute Gasteiger partial charge is 0.493 e. The summed E-state index contributed by atoms with van der Waals surface area (Å²) in [5.41, 5.74) is 2.85. The number of aryl methyl sites for hydroxylation is 1. The number of benzene rings is 3. The summed E-state index contributed by atoms with van der Waals surface area (Å²) in [7, 11) is -2.22. The van der Waals surface area contributed by atoms with E-state index in [2.05, 4.69) is 9.93 Å². The molecule has 0 saturated carbocycles. The number of halogens is 1. The average Bonchev–Trinajstić information content (AvgIpc) is 2.73. The summed E-state index contributed by atoms with van der Waals surface area (Å²) in [4.78, 5) is 2.25. The van der Waals surface area contributed by atoms with Gasteiger partial charge in [0.15, 0.2) is 11.5 Å². The molecule has 0 radical (unpaired) electrons. The number of nitrogens with zero attached hydrogens (tertiary/aromatic N) is 1. The van der Waals surface area contributed by atoms with Crippen LogP contribution >= 0.6 is 11.6 Å². The van der Waals surface area contributed by atoms with Crippen molar-refractivity contribution < 1.29 is 17.9 Å². The van der Waals surface area contributed by atoms with Gasteiger partial charge in [0.1, 0.15) is 6.61 Å². The molecule has 0 heterocycles. The van der Waals surface area contributed by atoms with Crippen molar-refractivity contribution in [2.45, 2.75) is 18.4 Å². The molecule has 0 aliphatic carbocycles. The molecular formula is C22H21ClN2O4S. The van der Waals surface area contributed by atoms with Crippen LogP contribution in [0.1, 0.15) is 16.7 Å². The van der Waals surface area contributed by atoms with Gasteiger partial charge in [-0.05, 0) is 60.5 Å². The first kappa shape index (κ1) is 21.7. The van der Waals surface area contributed by atoms with Gasteiger partial charge in [0.2, 0.25) is 0 Å². The van der Waals surface area contributed by atoms with Gasteiger partial charge in [-0.1, -0.05) is 41.4 Å². The zero-order chi connectivity index (χ0) is 21.6. The Balaban J connectivity index is 1.70. The van der Waals surface area contributed by atoms with Crippen LogP contribution in [0.4, 0.5) is 0 Å². The van der Waals surface area contributed by atoms with Crippen LogP contribution in [0.25, 0.3) is 0 Å². The molecule has 0 bridgehead atoms. The third-order valence-electron chi connectivity index (χ3n) is 4.21. The van der Waals surface area contributed by atoms with Crippen LogP contribution in [0.15, 0.2) is 76.7 Å². The number of ether oxygens (including phenoxy) is 2. The number of hydrogen-bond acceptors (Lipinski definition) is 5. The summed E-state index contributed by atoms with van der Waals surface area (Å²) in [6, 6.07) is 19.1. The Morgan fingerprint density at radius 1 is 1.00 bits per heavy atom. The van der Waals surface area contributed by atoms with Crippen molar-refractivity contribution in [1.29, 1.82) is 0 Å². The molecule has 0 unspecified atom stereocenters. The molecule has 30 heavy (non-hydrogen) atoms. The lowest BCUT2D eigenvalue weighted by Crippen LogP contribution is -2.18. The highest BCUT2D eigenvalue weighted by Gasteiger charge is 2.12. The van der Waals surface area contributed by atoms with E-state index in [1.54, 1.807) is 25.3 Å². The SMILES string of the molecule is COc1ccc(/C=N/NS(=O)(=O)c2ccc(Cl)cc2)cc1OCc1ccc(C)cc1. The molecule has 6 nitrogen and oxygen atoms in total. The molecule has 0 amide bonds. The fraction of sp³-hybridized carbons (Fsp3) is 0.136. The second-order valence-electron chi connectivity index (χ2n) is 6.49. The van der Waals surface area contributed by atoms with Crippen LogP contribution in [-0.2, 0) is 16.6 Å². The summed E-state index contributed by atoms with van der Waals surface area (Å²) < 4.78 is 35.8. The van der Waals surface area contributed by atoms with Crippen LogP contribution in [-0.4, -0.2) is 21.7 Å². The van der Waals surface area contributed by atoms with Crippen molar-refractivity contribution in [3.8, 4) is 11.5 Å². The molecule has 156 valence electrons. The van der Waals surface area contributed by atoms with Crippen LogP contribution in [0.3, 0.4) is 0 Å². The molecule has 1 N–H and O–H groups in total. The van der Waals surface area contributed by atoms with Gasteiger partial charge >= 0.3 is 0 Å². The predicted molar refractivity (Wildman–Crippen MR) is 118 cm³/mol. The minimum absolute atomic E-state index is 0.0703. The number of nitrogens with one attached hydrogen (secondary N) is 1. The van der Waals surface area contributed by atoms with Gasteiger partial charge in [0.25, 0.3) is 10.0 Å². The van der Waals surface area contributed by atoms with E-state index >= 15 is 0 Å². The lowest BCUT2D eigenvalue weighted by Gasteiger charge is -2.11. The molecule has 0 aromatic heterocycles. The van der Waals surface area contributed by atoms with Crippen molar-refractivity contribution in [2.75, 3.05) is 7.11 Å². The Hall–Kier alpha value is -3.03. The maximum absolute atomic E-state index is 12.3. The number of hydrazone groups is 1. The third kappa shape index (κ3) is 5.75. The quantitative estimate of drug-likeness (QED) is 0.408. The van der Waals surface area contributed by atoms with Gasteiger partial charge in [0.05, 0.1) is 18.2 Å². The van der Waals surface area contributed by atoms with Crippen molar-refractivity contribution in [1.82, 2.24) is 4.83 Å². The second-order valence-corrected chi connectivity index (χ2v) is 8.59. The predicted octanol–water partition coefficient (Wildman–Crippen LogP) is 4.55. The molecule has 3 aromatic rings. The molecule has 0 spiro atoms. The first-order valence-corrected chi connectivity index (χ1v) is 10.9. The standard InChI is InChI=1S/C22H21ClN2O4S/c1-16-3-5-17(6-4-16)15-29-22-13-18(7-12-21(22)28-2)14-24-25-30(26,27)20-10-8-19(23)9-11-20/h3-14,25H,15H2,1-2H3/b24-14+. The first-order valence-electron chi connectivity index (χ1n) is 9.04. The lowest BCUT2D eigenvalue weighted by molar-refractivity contribution is 0.284. The summed E-state index contributed by atoms with van der Waals surface area (Å²) >= 11 is 5.79. The Kier molecular flexibility index (Phi) is 6.97. The van der Waals surface area contributed by atoms with E-state index < -0.39 is 10.0 Å². The smallest absolute Gasteiger partial charge is 0.276 e. The Labute approximate surface area is 181 Å². The van der Waals surface area contributed by atoms with Crippen molar-refractivity contribution >= 4 is 27.8 Å². The normalized spacial score (nSPS) is 11.4. The summed E-state index contributed by atoms with van der Waals surface area (Å²) in [5.74, 6) is 1.10. The minimum Gasteiger partial charge on any atom is -0.493 e. The third-order valence-corrected chi connectivity index (χ3v) is 5.70. The lowest BCUT2D eigenvalue weighted by atomic mass is 10.1. The topological polar surface area (TPSA) is 77.0 Å². The van der Waals surface area contributed by atoms with E-state index in [4.69, 9.17) is 21.1 Å². The fourth-order valence-corrected chi connectivity index (χ4v) is 3.49. The van der Waals surface area contributed by atoms with Crippen molar-refractivity contribution in [3.05, 3.63) is 88.4 Å². The molecular weight excluding hydrogens is 424 g/mol. The summed E-state index contributed by atoms with van der Waals surface area (Å²) in [6.07, 6.45) is 1.39. The summed E-state index contributed by atoms with van der Waals surface area (Å²) in [6.45, 7) is 2.40. The van der Waals surface area contributed by atoms with Gasteiger partial charge in [-0.15, -0.1) is 0 Å². The van der Waals surface area contributed by atoms with Gasteiger partial charge in [-0.25, -0.2) is 4.83 Å². The van der Waals surface area contributed by atoms with Crippen molar-refractivity contribution in [3.63, 3.8) is 0 Å². The molecule has 8 heteroatoms. The Morgan fingerprint density at radius 2 is 1.70 bits per heavy atom. The first-order chi connectivity index (χ1) is 14.4. The molecule has 0 aliphatic heterocycles. The molecule has 0 atom stereocenters. The van der Waals surface area contributed by atoms with E-state index in [1.807, 2.05) is 31.2 Å². The van der Waals surface area contributed by atoms with Crippen LogP contribution in [0, 0.1) is 6.92 Å². The van der Waals surface area contributed by atoms with Crippen LogP contribution in [0.5, 0.6) is 11.5 Å². The average molecular weight is 445 g/mol. The van der Waals surface area contributed by atoms with Gasteiger partial charge in [0, 0.05) is 5.02 Å². The molecule has 0 aliphatic rings. The van der Waals surface area contributed by atoms with Gasteiger partial charge in [-0.3, -0.25) is 0 Å². The zero-order valence-corrected chi connectivity index (χ0v) is 18.1. The van der Waals surface area contributed by atoms with E-state index in [-0.39, 0.29) is 4.90 Å². The highest BCUT2D eigenvalue weighted by molar-refractivity contribution is 7.89. The maximum Gasteiger partial charge on any atom is 0.276 e. The highest BCUT2D eigenvalue weighted by Crippen LogP contribution is 2.28.